The molecule has 2 aromatic rings. The van der Waals surface area contributed by atoms with Gasteiger partial charge in [0.25, 0.3) is 0 Å². The fraction of sp³-hybridized carbons (Fsp3) is 0.300. The minimum absolute atomic E-state index is 0.0858. The van der Waals surface area contributed by atoms with Gasteiger partial charge in [-0.05, 0) is 49.2 Å². The van der Waals surface area contributed by atoms with Crippen LogP contribution in [-0.4, -0.2) is 25.1 Å². The molecule has 0 heterocycles. The zero-order valence-corrected chi connectivity index (χ0v) is 15.8. The highest BCUT2D eigenvalue weighted by atomic mass is 19.1. The van der Waals surface area contributed by atoms with E-state index >= 15 is 0 Å². The van der Waals surface area contributed by atoms with Crippen LogP contribution in [0.1, 0.15) is 25.0 Å². The Hall–Kier alpha value is -3.09. The van der Waals surface area contributed by atoms with Gasteiger partial charge in [-0.1, -0.05) is 24.3 Å². The smallest absolute Gasteiger partial charge is 0.319 e. The van der Waals surface area contributed by atoms with Crippen molar-refractivity contribution >= 4 is 17.7 Å². The highest BCUT2D eigenvalue weighted by Gasteiger charge is 2.04. The summed E-state index contributed by atoms with van der Waals surface area (Å²) in [6.07, 6.45) is 0. The standard InChI is InChI=1S/C20H26FN5O/c1-14(2)25-20(27)26-18-10-6-16(7-11-18)13-24-19(22-3)23-12-15-4-8-17(21)9-5-15/h4-11,14H,12-13H2,1-3H3,(H2,22,23,24)(H2,25,26,27). The van der Waals surface area contributed by atoms with Crippen LogP contribution in [-0.2, 0) is 13.1 Å². The molecule has 0 aliphatic rings. The second kappa shape index (κ2) is 10.2. The summed E-state index contributed by atoms with van der Waals surface area (Å²) in [6, 6.07) is 13.8. The minimum Gasteiger partial charge on any atom is -0.352 e. The van der Waals surface area contributed by atoms with Crippen LogP contribution in [0.25, 0.3) is 0 Å². The predicted molar refractivity (Wildman–Crippen MR) is 107 cm³/mol. The monoisotopic (exact) mass is 371 g/mol. The molecule has 0 saturated heterocycles. The number of urea groups is 1. The number of guanidine groups is 1. The molecule has 0 spiro atoms. The molecule has 0 aromatic heterocycles. The molecule has 144 valence electrons. The first-order valence-electron chi connectivity index (χ1n) is 8.81. The molecule has 4 N–H and O–H groups in total. The molecule has 27 heavy (non-hydrogen) atoms. The molecule has 0 fully saturated rings. The molecular weight excluding hydrogens is 345 g/mol. The number of nitrogens with zero attached hydrogens (tertiary/aromatic N) is 1. The Kier molecular flexibility index (Phi) is 7.61. The molecule has 2 aromatic carbocycles. The first kappa shape index (κ1) is 20.2. The molecule has 0 aliphatic heterocycles. The number of halogens is 1. The van der Waals surface area contributed by atoms with Crippen molar-refractivity contribution in [3.63, 3.8) is 0 Å². The summed E-state index contributed by atoms with van der Waals surface area (Å²) in [5.74, 6) is 0.402. The summed E-state index contributed by atoms with van der Waals surface area (Å²) in [4.78, 5) is 15.9. The summed E-state index contributed by atoms with van der Waals surface area (Å²) in [7, 11) is 1.69. The molecule has 0 atom stereocenters. The molecule has 0 radical (unpaired) electrons. The van der Waals surface area contributed by atoms with Gasteiger partial charge in [-0.2, -0.15) is 0 Å². The maximum Gasteiger partial charge on any atom is 0.319 e. The number of hydrogen-bond donors (Lipinski definition) is 4. The van der Waals surface area contributed by atoms with Crippen molar-refractivity contribution in [2.24, 2.45) is 4.99 Å². The van der Waals surface area contributed by atoms with Gasteiger partial charge >= 0.3 is 6.03 Å². The Morgan fingerprint density at radius 3 is 1.96 bits per heavy atom. The minimum atomic E-state index is -0.249. The summed E-state index contributed by atoms with van der Waals surface area (Å²) >= 11 is 0. The predicted octanol–water partition coefficient (Wildman–Crippen LogP) is 3.22. The fourth-order valence-corrected chi connectivity index (χ4v) is 2.33. The summed E-state index contributed by atoms with van der Waals surface area (Å²) < 4.78 is 12.9. The van der Waals surface area contributed by atoms with E-state index in [1.54, 1.807) is 19.2 Å². The Morgan fingerprint density at radius 2 is 1.48 bits per heavy atom. The third-order valence-electron chi connectivity index (χ3n) is 3.69. The lowest BCUT2D eigenvalue weighted by atomic mass is 10.2. The summed E-state index contributed by atoms with van der Waals surface area (Å²) in [5, 5.41) is 12.0. The van der Waals surface area contributed by atoms with Crippen molar-refractivity contribution in [3.05, 3.63) is 65.5 Å². The number of aliphatic imine (C=N–C) groups is 1. The fourth-order valence-electron chi connectivity index (χ4n) is 2.33. The van der Waals surface area contributed by atoms with Crippen LogP contribution in [0, 0.1) is 5.82 Å². The summed E-state index contributed by atoms with van der Waals surface area (Å²) in [5.41, 5.74) is 2.75. The van der Waals surface area contributed by atoms with Gasteiger partial charge in [-0.3, -0.25) is 4.99 Å². The number of rotatable bonds is 6. The lowest BCUT2D eigenvalue weighted by molar-refractivity contribution is 0.250. The van der Waals surface area contributed by atoms with Crippen LogP contribution < -0.4 is 21.3 Å². The van der Waals surface area contributed by atoms with E-state index in [9.17, 15) is 9.18 Å². The van der Waals surface area contributed by atoms with Crippen LogP contribution in [0.5, 0.6) is 0 Å². The van der Waals surface area contributed by atoms with Crippen LogP contribution in [0.15, 0.2) is 53.5 Å². The van der Waals surface area contributed by atoms with E-state index in [1.807, 2.05) is 38.1 Å². The highest BCUT2D eigenvalue weighted by molar-refractivity contribution is 5.89. The molecule has 2 rings (SSSR count). The van der Waals surface area contributed by atoms with E-state index in [2.05, 4.69) is 26.3 Å². The molecule has 7 heteroatoms. The third-order valence-corrected chi connectivity index (χ3v) is 3.69. The Morgan fingerprint density at radius 1 is 0.963 bits per heavy atom. The number of carbonyl (C=O) groups is 1. The second-order valence-corrected chi connectivity index (χ2v) is 6.36. The van der Waals surface area contributed by atoms with Crippen LogP contribution in [0.4, 0.5) is 14.9 Å². The Balaban J connectivity index is 1.80. The van der Waals surface area contributed by atoms with Gasteiger partial charge in [0.2, 0.25) is 0 Å². The second-order valence-electron chi connectivity index (χ2n) is 6.36. The van der Waals surface area contributed by atoms with Crippen molar-refractivity contribution in [2.45, 2.75) is 33.0 Å². The lowest BCUT2D eigenvalue weighted by Gasteiger charge is -2.13. The van der Waals surface area contributed by atoms with Crippen molar-refractivity contribution in [3.8, 4) is 0 Å². The Labute approximate surface area is 159 Å². The molecule has 0 unspecified atom stereocenters. The van der Waals surface area contributed by atoms with E-state index in [0.29, 0.717) is 19.0 Å². The van der Waals surface area contributed by atoms with Crippen molar-refractivity contribution in [1.82, 2.24) is 16.0 Å². The van der Waals surface area contributed by atoms with Gasteiger partial charge in [0, 0.05) is 31.9 Å². The number of nitrogens with one attached hydrogen (secondary N) is 4. The molecule has 6 nitrogen and oxygen atoms in total. The van der Waals surface area contributed by atoms with E-state index < -0.39 is 0 Å². The molecule has 0 saturated carbocycles. The maximum absolute atomic E-state index is 12.9. The highest BCUT2D eigenvalue weighted by Crippen LogP contribution is 2.09. The van der Waals surface area contributed by atoms with Crippen molar-refractivity contribution in [1.29, 1.82) is 0 Å². The number of amides is 2. The number of anilines is 1. The van der Waals surface area contributed by atoms with Gasteiger partial charge in [0.1, 0.15) is 5.82 Å². The average molecular weight is 371 g/mol. The van der Waals surface area contributed by atoms with E-state index in [4.69, 9.17) is 0 Å². The molecule has 0 aliphatic carbocycles. The zero-order valence-electron chi connectivity index (χ0n) is 15.8. The van der Waals surface area contributed by atoms with E-state index in [1.165, 1.54) is 12.1 Å². The lowest BCUT2D eigenvalue weighted by Crippen LogP contribution is -2.36. The topological polar surface area (TPSA) is 77.6 Å². The van der Waals surface area contributed by atoms with E-state index in [0.717, 1.165) is 16.8 Å². The van der Waals surface area contributed by atoms with Crippen molar-refractivity contribution < 1.29 is 9.18 Å². The van der Waals surface area contributed by atoms with Gasteiger partial charge in [-0.25, -0.2) is 9.18 Å². The molecule has 0 bridgehead atoms. The van der Waals surface area contributed by atoms with Gasteiger partial charge in [-0.15, -0.1) is 0 Å². The Bertz CT molecular complexity index is 757. The van der Waals surface area contributed by atoms with Crippen LogP contribution in [0.3, 0.4) is 0 Å². The first-order chi connectivity index (χ1) is 13.0. The zero-order chi connectivity index (χ0) is 19.6. The van der Waals surface area contributed by atoms with Crippen molar-refractivity contribution in [2.75, 3.05) is 12.4 Å². The largest absolute Gasteiger partial charge is 0.352 e. The first-order valence-corrected chi connectivity index (χ1v) is 8.81. The summed E-state index contributed by atoms with van der Waals surface area (Å²) in [6.45, 7) is 4.95. The average Bonchev–Trinajstić information content (AvgIpc) is 2.64. The van der Waals surface area contributed by atoms with Crippen LogP contribution >= 0.6 is 0 Å². The molecular formula is C20H26FN5O. The van der Waals surface area contributed by atoms with Crippen LogP contribution in [0.2, 0.25) is 0 Å². The van der Waals surface area contributed by atoms with Gasteiger partial charge in [0.15, 0.2) is 5.96 Å². The number of benzene rings is 2. The quantitative estimate of drug-likeness (QED) is 0.465. The molecule has 2 amide bonds. The number of carbonyl (C=O) groups excluding carboxylic acids is 1. The van der Waals surface area contributed by atoms with Gasteiger partial charge < -0.3 is 21.3 Å². The SMILES string of the molecule is CN=C(NCc1ccc(F)cc1)NCc1ccc(NC(=O)NC(C)C)cc1. The normalized spacial score (nSPS) is 11.2. The van der Waals surface area contributed by atoms with E-state index in [-0.39, 0.29) is 17.9 Å². The van der Waals surface area contributed by atoms with Gasteiger partial charge in [0.05, 0.1) is 0 Å². The third kappa shape index (κ3) is 7.35. The number of hydrogen-bond acceptors (Lipinski definition) is 2. The maximum atomic E-state index is 12.9.